The molecule has 1 aliphatic carbocycles. The largest absolute Gasteiger partial charge is 0.486 e. The first-order valence-corrected chi connectivity index (χ1v) is 4.27. The minimum absolute atomic E-state index is 0.183. The summed E-state index contributed by atoms with van der Waals surface area (Å²) in [7, 11) is 0. The number of H-pyrrole nitrogens is 1. The minimum Gasteiger partial charge on any atom is -0.486 e. The van der Waals surface area contributed by atoms with Crippen molar-refractivity contribution >= 4 is 0 Å². The lowest BCUT2D eigenvalue weighted by atomic mass is 10.2. The van der Waals surface area contributed by atoms with Gasteiger partial charge in [-0.1, -0.05) is 0 Å². The van der Waals surface area contributed by atoms with Gasteiger partial charge in [0.05, 0.1) is 12.4 Å². The fourth-order valence-corrected chi connectivity index (χ4v) is 1.58. The zero-order valence-corrected chi connectivity index (χ0v) is 6.86. The van der Waals surface area contributed by atoms with Gasteiger partial charge in [-0.05, 0) is 19.3 Å². The molecule has 0 aromatic carbocycles. The van der Waals surface area contributed by atoms with E-state index in [-0.39, 0.29) is 12.1 Å². The predicted octanol–water partition coefficient (Wildman–Crippen LogP) is 0.668. The second-order valence-corrected chi connectivity index (χ2v) is 3.19. The average Bonchev–Trinajstić information content (AvgIpc) is 2.65. The number of nitrogens with zero attached hydrogens (tertiary/aromatic N) is 1. The summed E-state index contributed by atoms with van der Waals surface area (Å²) in [5, 5.41) is 6.50. The van der Waals surface area contributed by atoms with Crippen molar-refractivity contribution in [1.29, 1.82) is 0 Å². The van der Waals surface area contributed by atoms with Gasteiger partial charge in [0.25, 0.3) is 0 Å². The van der Waals surface area contributed by atoms with E-state index in [4.69, 9.17) is 10.5 Å². The number of nitrogens with one attached hydrogen (secondary N) is 1. The van der Waals surface area contributed by atoms with E-state index in [1.165, 1.54) is 6.42 Å². The normalized spacial score (nSPS) is 29.1. The van der Waals surface area contributed by atoms with Gasteiger partial charge in [0.1, 0.15) is 6.10 Å². The van der Waals surface area contributed by atoms with Gasteiger partial charge in [-0.15, -0.1) is 0 Å². The van der Waals surface area contributed by atoms with Crippen LogP contribution in [0.2, 0.25) is 0 Å². The van der Waals surface area contributed by atoms with Crippen molar-refractivity contribution in [2.75, 3.05) is 0 Å². The van der Waals surface area contributed by atoms with E-state index in [0.29, 0.717) is 0 Å². The molecule has 2 atom stereocenters. The highest BCUT2D eigenvalue weighted by Gasteiger charge is 2.25. The molecule has 1 fully saturated rings. The molecule has 0 radical (unpaired) electrons. The third-order valence-electron chi connectivity index (χ3n) is 2.26. The van der Waals surface area contributed by atoms with Crippen molar-refractivity contribution in [3.8, 4) is 5.75 Å². The monoisotopic (exact) mass is 167 g/mol. The summed E-state index contributed by atoms with van der Waals surface area (Å²) in [5.74, 6) is 0.789. The van der Waals surface area contributed by atoms with Crippen molar-refractivity contribution in [2.24, 2.45) is 5.73 Å². The summed E-state index contributed by atoms with van der Waals surface area (Å²) < 4.78 is 5.61. The van der Waals surface area contributed by atoms with Gasteiger partial charge < -0.3 is 10.5 Å². The number of ether oxygens (including phenoxy) is 1. The molecule has 1 aliphatic rings. The lowest BCUT2D eigenvalue weighted by Crippen LogP contribution is -2.33. The minimum atomic E-state index is 0.183. The van der Waals surface area contributed by atoms with Gasteiger partial charge in [0.15, 0.2) is 5.75 Å². The Morgan fingerprint density at radius 3 is 3.08 bits per heavy atom. The third kappa shape index (κ3) is 1.43. The van der Waals surface area contributed by atoms with E-state index < -0.39 is 0 Å². The SMILES string of the molecule is N[C@@H]1CCC[C@@H]1Oc1cn[nH]c1. The fourth-order valence-electron chi connectivity index (χ4n) is 1.58. The molecule has 0 amide bonds. The van der Waals surface area contributed by atoms with Gasteiger partial charge >= 0.3 is 0 Å². The standard InChI is InChI=1S/C8H13N3O/c9-7-2-1-3-8(7)12-6-4-10-11-5-6/h4-5,7-8H,1-3,9H2,(H,10,11)/t7-,8+/m1/s1. The maximum atomic E-state index is 5.84. The Bertz CT molecular complexity index is 234. The molecule has 1 aromatic rings. The number of nitrogens with two attached hydrogens (primary N) is 1. The summed E-state index contributed by atoms with van der Waals surface area (Å²) in [6.45, 7) is 0. The quantitative estimate of drug-likeness (QED) is 0.680. The highest BCUT2D eigenvalue weighted by atomic mass is 16.5. The molecule has 3 N–H and O–H groups in total. The molecule has 0 bridgehead atoms. The first-order chi connectivity index (χ1) is 5.86. The molecule has 0 unspecified atom stereocenters. The van der Waals surface area contributed by atoms with Crippen LogP contribution in [0.15, 0.2) is 12.4 Å². The van der Waals surface area contributed by atoms with Crippen molar-refractivity contribution < 1.29 is 4.74 Å². The maximum Gasteiger partial charge on any atom is 0.157 e. The van der Waals surface area contributed by atoms with Gasteiger partial charge in [0.2, 0.25) is 0 Å². The van der Waals surface area contributed by atoms with Crippen molar-refractivity contribution in [3.63, 3.8) is 0 Å². The van der Waals surface area contributed by atoms with Gasteiger partial charge in [-0.25, -0.2) is 0 Å². The van der Waals surface area contributed by atoms with Gasteiger partial charge in [0, 0.05) is 6.04 Å². The second kappa shape index (κ2) is 3.15. The zero-order valence-electron chi connectivity index (χ0n) is 6.86. The molecule has 4 heteroatoms. The van der Waals surface area contributed by atoms with E-state index in [2.05, 4.69) is 10.2 Å². The Morgan fingerprint density at radius 1 is 1.58 bits per heavy atom. The zero-order chi connectivity index (χ0) is 8.39. The summed E-state index contributed by atoms with van der Waals surface area (Å²) in [6, 6.07) is 0.194. The van der Waals surface area contributed by atoms with Crippen molar-refractivity contribution in [2.45, 2.75) is 31.4 Å². The summed E-state index contributed by atoms with van der Waals surface area (Å²) in [4.78, 5) is 0. The van der Waals surface area contributed by atoms with Crippen LogP contribution in [-0.2, 0) is 0 Å². The number of rotatable bonds is 2. The van der Waals surface area contributed by atoms with E-state index in [0.717, 1.165) is 18.6 Å². The van der Waals surface area contributed by atoms with E-state index in [1.54, 1.807) is 12.4 Å². The first-order valence-electron chi connectivity index (χ1n) is 4.27. The van der Waals surface area contributed by atoms with Crippen LogP contribution in [0.1, 0.15) is 19.3 Å². The van der Waals surface area contributed by atoms with Crippen molar-refractivity contribution in [1.82, 2.24) is 10.2 Å². The average molecular weight is 167 g/mol. The molecule has 1 heterocycles. The Balaban J connectivity index is 1.95. The van der Waals surface area contributed by atoms with Crippen LogP contribution in [-0.4, -0.2) is 22.3 Å². The molecule has 12 heavy (non-hydrogen) atoms. The molecule has 2 rings (SSSR count). The highest BCUT2D eigenvalue weighted by molar-refractivity contribution is 5.11. The van der Waals surface area contributed by atoms with E-state index >= 15 is 0 Å². The first kappa shape index (κ1) is 7.61. The Kier molecular flexibility index (Phi) is 1.99. The van der Waals surface area contributed by atoms with Crippen LogP contribution >= 0.6 is 0 Å². The molecule has 1 aromatic heterocycles. The van der Waals surface area contributed by atoms with Crippen LogP contribution in [0.5, 0.6) is 5.75 Å². The number of aromatic nitrogens is 2. The molecule has 1 saturated carbocycles. The van der Waals surface area contributed by atoms with Crippen LogP contribution in [0.4, 0.5) is 0 Å². The molecule has 66 valence electrons. The lowest BCUT2D eigenvalue weighted by molar-refractivity contribution is 0.192. The second-order valence-electron chi connectivity index (χ2n) is 3.19. The number of aromatic amines is 1. The van der Waals surface area contributed by atoms with Crippen LogP contribution in [0.25, 0.3) is 0 Å². The van der Waals surface area contributed by atoms with Gasteiger partial charge in [-0.2, -0.15) is 5.10 Å². The maximum absolute atomic E-state index is 5.84. The fraction of sp³-hybridized carbons (Fsp3) is 0.625. The summed E-state index contributed by atoms with van der Waals surface area (Å²) in [6.07, 6.45) is 6.90. The van der Waals surface area contributed by atoms with E-state index in [9.17, 15) is 0 Å². The van der Waals surface area contributed by atoms with Crippen LogP contribution in [0.3, 0.4) is 0 Å². The molecule has 0 saturated heterocycles. The topological polar surface area (TPSA) is 63.9 Å². The smallest absolute Gasteiger partial charge is 0.157 e. The number of hydrogen-bond acceptors (Lipinski definition) is 3. The van der Waals surface area contributed by atoms with Crippen LogP contribution in [0, 0.1) is 0 Å². The predicted molar refractivity (Wildman–Crippen MR) is 44.8 cm³/mol. The molecular weight excluding hydrogens is 154 g/mol. The lowest BCUT2D eigenvalue weighted by Gasteiger charge is -2.15. The summed E-state index contributed by atoms with van der Waals surface area (Å²) >= 11 is 0. The van der Waals surface area contributed by atoms with Gasteiger partial charge in [-0.3, -0.25) is 5.10 Å². The molecule has 0 spiro atoms. The Labute approximate surface area is 71.1 Å². The Morgan fingerprint density at radius 2 is 2.50 bits per heavy atom. The molecule has 0 aliphatic heterocycles. The summed E-state index contributed by atoms with van der Waals surface area (Å²) in [5.41, 5.74) is 5.84. The Hall–Kier alpha value is -1.03. The van der Waals surface area contributed by atoms with Crippen molar-refractivity contribution in [3.05, 3.63) is 12.4 Å². The van der Waals surface area contributed by atoms with Crippen LogP contribution < -0.4 is 10.5 Å². The molecule has 4 nitrogen and oxygen atoms in total. The number of hydrogen-bond donors (Lipinski definition) is 2. The third-order valence-corrected chi connectivity index (χ3v) is 2.26. The van der Waals surface area contributed by atoms with E-state index in [1.807, 2.05) is 0 Å². The molecular formula is C8H13N3O. The highest BCUT2D eigenvalue weighted by Crippen LogP contribution is 2.22.